The second-order valence-electron chi connectivity index (χ2n) is 5.86. The average molecular weight is 382 g/mol. The second-order valence-corrected chi connectivity index (χ2v) is 6.78. The molecule has 4 rings (SSSR count). The molecule has 5 heteroatoms. The van der Waals surface area contributed by atoms with Crippen molar-refractivity contribution in [2.24, 2.45) is 0 Å². The van der Waals surface area contributed by atoms with Gasteiger partial charge in [0.05, 0.1) is 12.2 Å². The zero-order chi connectivity index (χ0) is 16.5. The average Bonchev–Trinajstić information content (AvgIpc) is 3.04. The molecule has 1 amide bonds. The standard InChI is InChI=1S/C19H16BrN3O/c20-16-8-4-7-15(11-16)17-12-18-19(24)22(9-10-23(18)21-17)13-14-5-2-1-3-6-14/h1-8,11-12H,9-10,13H2. The van der Waals surface area contributed by atoms with E-state index in [1.807, 2.05) is 70.2 Å². The van der Waals surface area contributed by atoms with E-state index in [0.29, 0.717) is 18.8 Å². The van der Waals surface area contributed by atoms with Gasteiger partial charge in [-0.2, -0.15) is 5.10 Å². The molecule has 2 aromatic carbocycles. The molecule has 3 aromatic rings. The van der Waals surface area contributed by atoms with Gasteiger partial charge in [-0.25, -0.2) is 0 Å². The van der Waals surface area contributed by atoms with Crippen molar-refractivity contribution < 1.29 is 4.79 Å². The summed E-state index contributed by atoms with van der Waals surface area (Å²) < 4.78 is 2.82. The number of carbonyl (C=O) groups is 1. The summed E-state index contributed by atoms with van der Waals surface area (Å²) in [6, 6.07) is 19.9. The van der Waals surface area contributed by atoms with Crippen molar-refractivity contribution in [1.29, 1.82) is 0 Å². The Bertz CT molecular complexity index is 889. The number of hydrogen-bond donors (Lipinski definition) is 0. The minimum Gasteiger partial charge on any atom is -0.331 e. The number of rotatable bonds is 3. The summed E-state index contributed by atoms with van der Waals surface area (Å²) in [5, 5.41) is 4.60. The molecule has 4 nitrogen and oxygen atoms in total. The Morgan fingerprint density at radius 2 is 1.83 bits per heavy atom. The van der Waals surface area contributed by atoms with E-state index in [9.17, 15) is 4.79 Å². The molecule has 0 bridgehead atoms. The lowest BCUT2D eigenvalue weighted by Crippen LogP contribution is -2.39. The zero-order valence-electron chi connectivity index (χ0n) is 13.0. The molecule has 24 heavy (non-hydrogen) atoms. The normalized spacial score (nSPS) is 13.9. The van der Waals surface area contributed by atoms with Crippen LogP contribution in [0.2, 0.25) is 0 Å². The van der Waals surface area contributed by atoms with Crippen molar-refractivity contribution in [2.75, 3.05) is 6.54 Å². The van der Waals surface area contributed by atoms with Gasteiger partial charge in [0.15, 0.2) is 0 Å². The van der Waals surface area contributed by atoms with E-state index >= 15 is 0 Å². The van der Waals surface area contributed by atoms with Gasteiger partial charge in [-0.05, 0) is 23.8 Å². The van der Waals surface area contributed by atoms with Crippen molar-refractivity contribution in [1.82, 2.24) is 14.7 Å². The highest BCUT2D eigenvalue weighted by molar-refractivity contribution is 9.10. The second kappa shape index (κ2) is 6.24. The summed E-state index contributed by atoms with van der Waals surface area (Å²) in [6.45, 7) is 2.04. The van der Waals surface area contributed by atoms with Crippen LogP contribution in [0.15, 0.2) is 65.1 Å². The van der Waals surface area contributed by atoms with Crippen LogP contribution in [0.25, 0.3) is 11.3 Å². The van der Waals surface area contributed by atoms with Crippen LogP contribution in [0.4, 0.5) is 0 Å². The fraction of sp³-hybridized carbons (Fsp3) is 0.158. The predicted molar refractivity (Wildman–Crippen MR) is 96.5 cm³/mol. The molecule has 2 heterocycles. The molecule has 0 aliphatic carbocycles. The van der Waals surface area contributed by atoms with E-state index in [4.69, 9.17) is 0 Å². The molecule has 0 unspecified atom stereocenters. The molecule has 1 aromatic heterocycles. The third-order valence-electron chi connectivity index (χ3n) is 4.20. The van der Waals surface area contributed by atoms with Crippen molar-refractivity contribution >= 4 is 21.8 Å². The van der Waals surface area contributed by atoms with E-state index < -0.39 is 0 Å². The van der Waals surface area contributed by atoms with Crippen molar-refractivity contribution in [3.05, 3.63) is 76.4 Å². The predicted octanol–water partition coefficient (Wildman–Crippen LogP) is 3.97. The molecule has 0 spiro atoms. The van der Waals surface area contributed by atoms with Crippen molar-refractivity contribution in [3.8, 4) is 11.3 Å². The van der Waals surface area contributed by atoms with Crippen LogP contribution < -0.4 is 0 Å². The molecule has 0 saturated carbocycles. The van der Waals surface area contributed by atoms with E-state index in [-0.39, 0.29) is 5.91 Å². The van der Waals surface area contributed by atoms with E-state index in [1.165, 1.54) is 0 Å². The topological polar surface area (TPSA) is 38.1 Å². The zero-order valence-corrected chi connectivity index (χ0v) is 14.6. The Balaban J connectivity index is 1.61. The molecule has 1 aliphatic heterocycles. The number of aromatic nitrogens is 2. The Morgan fingerprint density at radius 3 is 2.62 bits per heavy atom. The molecule has 0 fully saturated rings. The van der Waals surface area contributed by atoms with E-state index in [1.54, 1.807) is 0 Å². The van der Waals surface area contributed by atoms with E-state index in [2.05, 4.69) is 21.0 Å². The molecule has 0 radical (unpaired) electrons. The highest BCUT2D eigenvalue weighted by Gasteiger charge is 2.26. The maximum absolute atomic E-state index is 12.8. The minimum absolute atomic E-state index is 0.0406. The largest absolute Gasteiger partial charge is 0.331 e. The maximum Gasteiger partial charge on any atom is 0.272 e. The lowest BCUT2D eigenvalue weighted by Gasteiger charge is -2.27. The highest BCUT2D eigenvalue weighted by Crippen LogP contribution is 2.25. The quantitative estimate of drug-likeness (QED) is 0.688. The summed E-state index contributed by atoms with van der Waals surface area (Å²) in [5.41, 5.74) is 3.65. The van der Waals surface area contributed by atoms with Gasteiger partial charge in [0.2, 0.25) is 0 Å². The van der Waals surface area contributed by atoms with E-state index in [0.717, 1.165) is 27.8 Å². The number of halogens is 1. The molecule has 0 saturated heterocycles. The summed E-state index contributed by atoms with van der Waals surface area (Å²) >= 11 is 3.48. The van der Waals surface area contributed by atoms with Crippen LogP contribution in [-0.4, -0.2) is 27.1 Å². The highest BCUT2D eigenvalue weighted by atomic mass is 79.9. The SMILES string of the molecule is O=C1c2cc(-c3cccc(Br)c3)nn2CCN1Cc1ccccc1. The molecule has 1 aliphatic rings. The minimum atomic E-state index is 0.0406. The summed E-state index contributed by atoms with van der Waals surface area (Å²) in [5.74, 6) is 0.0406. The summed E-state index contributed by atoms with van der Waals surface area (Å²) in [4.78, 5) is 14.7. The van der Waals surface area contributed by atoms with Gasteiger partial charge in [0.1, 0.15) is 5.69 Å². The number of hydrogen-bond acceptors (Lipinski definition) is 2. The first-order chi connectivity index (χ1) is 11.7. The first-order valence-corrected chi connectivity index (χ1v) is 8.67. The van der Waals surface area contributed by atoms with Crippen LogP contribution in [0.1, 0.15) is 16.1 Å². The van der Waals surface area contributed by atoms with Gasteiger partial charge in [-0.1, -0.05) is 58.4 Å². The number of carbonyl (C=O) groups excluding carboxylic acids is 1. The van der Waals surface area contributed by atoms with Gasteiger partial charge in [-0.15, -0.1) is 0 Å². The maximum atomic E-state index is 12.8. The number of nitrogens with zero attached hydrogens (tertiary/aromatic N) is 3. The van der Waals surface area contributed by atoms with Gasteiger partial charge >= 0.3 is 0 Å². The van der Waals surface area contributed by atoms with Crippen LogP contribution in [0.5, 0.6) is 0 Å². The van der Waals surface area contributed by atoms with Crippen molar-refractivity contribution in [3.63, 3.8) is 0 Å². The Kier molecular flexibility index (Phi) is 3.94. The fourth-order valence-corrected chi connectivity index (χ4v) is 3.38. The van der Waals surface area contributed by atoms with Gasteiger partial charge in [0.25, 0.3) is 5.91 Å². The Labute approximate surface area is 148 Å². The number of amides is 1. The van der Waals surface area contributed by atoms with Crippen LogP contribution in [0.3, 0.4) is 0 Å². The monoisotopic (exact) mass is 381 g/mol. The van der Waals surface area contributed by atoms with Crippen molar-refractivity contribution in [2.45, 2.75) is 13.1 Å². The molecule has 0 atom stereocenters. The van der Waals surface area contributed by atoms with Crippen LogP contribution in [0, 0.1) is 0 Å². The molecular weight excluding hydrogens is 366 g/mol. The first kappa shape index (κ1) is 15.1. The van der Waals surface area contributed by atoms with Gasteiger partial charge < -0.3 is 4.90 Å². The van der Waals surface area contributed by atoms with Gasteiger partial charge in [0, 0.05) is 23.1 Å². The number of benzene rings is 2. The third-order valence-corrected chi connectivity index (χ3v) is 4.70. The first-order valence-electron chi connectivity index (χ1n) is 7.88. The van der Waals surface area contributed by atoms with Crippen LogP contribution >= 0.6 is 15.9 Å². The summed E-state index contributed by atoms with van der Waals surface area (Å²) in [6.07, 6.45) is 0. The third kappa shape index (κ3) is 2.87. The lowest BCUT2D eigenvalue weighted by molar-refractivity contribution is 0.0683. The Hall–Kier alpha value is -2.40. The molecule has 120 valence electrons. The molecular formula is C19H16BrN3O. The fourth-order valence-electron chi connectivity index (χ4n) is 2.98. The van der Waals surface area contributed by atoms with Crippen LogP contribution in [-0.2, 0) is 13.1 Å². The molecule has 0 N–H and O–H groups in total. The smallest absolute Gasteiger partial charge is 0.272 e. The van der Waals surface area contributed by atoms with Gasteiger partial charge in [-0.3, -0.25) is 9.48 Å². The lowest BCUT2D eigenvalue weighted by atomic mass is 10.1. The summed E-state index contributed by atoms with van der Waals surface area (Å²) in [7, 11) is 0. The Morgan fingerprint density at radius 1 is 1.00 bits per heavy atom. The number of fused-ring (bicyclic) bond motifs is 1.